The highest BCUT2D eigenvalue weighted by Crippen LogP contribution is 2.29. The second-order valence-corrected chi connectivity index (χ2v) is 4.90. The Kier molecular flexibility index (Phi) is 3.49. The Morgan fingerprint density at radius 2 is 1.67 bits per heavy atom. The molecule has 2 aromatic carbocycles. The maximum Gasteiger partial charge on any atom is 0.187 e. The molecule has 0 saturated carbocycles. The predicted octanol–water partition coefficient (Wildman–Crippen LogP) is 5.27. The molecule has 0 radical (unpaired) electrons. The van der Waals surface area contributed by atoms with Gasteiger partial charge in [0.2, 0.25) is 0 Å². The summed E-state index contributed by atoms with van der Waals surface area (Å²) in [5, 5.41) is 0. The van der Waals surface area contributed by atoms with Gasteiger partial charge >= 0.3 is 0 Å². The van der Waals surface area contributed by atoms with Crippen LogP contribution in [0.2, 0.25) is 0 Å². The molecule has 3 rings (SSSR count). The molecule has 0 bridgehead atoms. The molecular weight excluding hydrogens is 256 g/mol. The minimum atomic E-state index is 0.664. The summed E-state index contributed by atoms with van der Waals surface area (Å²) < 4.78 is 0. The fraction of sp³-hybridized carbons (Fsp3) is 0.0526. The molecule has 1 aromatic heterocycles. The lowest BCUT2D eigenvalue weighted by Gasteiger charge is -2.09. The fourth-order valence-corrected chi connectivity index (χ4v) is 2.34. The molecule has 100 valence electrons. The van der Waals surface area contributed by atoms with Gasteiger partial charge in [-0.15, -0.1) is 0 Å². The van der Waals surface area contributed by atoms with Crippen molar-refractivity contribution in [3.63, 3.8) is 0 Å². The monoisotopic (exact) mass is 270 g/mol. The van der Waals surface area contributed by atoms with Crippen LogP contribution >= 0.6 is 0 Å². The molecule has 0 aliphatic rings. The molecule has 0 fully saturated rings. The van der Waals surface area contributed by atoms with E-state index >= 15 is 0 Å². The minimum absolute atomic E-state index is 0.664. The summed E-state index contributed by atoms with van der Waals surface area (Å²) in [6.07, 6.45) is 1.80. The third kappa shape index (κ3) is 2.68. The van der Waals surface area contributed by atoms with Gasteiger partial charge in [0.1, 0.15) is 0 Å². The van der Waals surface area contributed by atoms with Crippen molar-refractivity contribution in [3.8, 4) is 22.4 Å². The van der Waals surface area contributed by atoms with Crippen LogP contribution in [-0.4, -0.2) is 4.98 Å². The lowest BCUT2D eigenvalue weighted by atomic mass is 9.97. The van der Waals surface area contributed by atoms with E-state index in [1.165, 1.54) is 11.1 Å². The summed E-state index contributed by atoms with van der Waals surface area (Å²) in [5.74, 6) is 0. The lowest BCUT2D eigenvalue weighted by Crippen LogP contribution is -1.87. The smallest absolute Gasteiger partial charge is 0.187 e. The Morgan fingerprint density at radius 3 is 2.33 bits per heavy atom. The fourth-order valence-electron chi connectivity index (χ4n) is 2.34. The molecule has 1 heterocycles. The van der Waals surface area contributed by atoms with Crippen LogP contribution in [0.25, 0.3) is 27.2 Å². The van der Waals surface area contributed by atoms with Gasteiger partial charge in [0.15, 0.2) is 5.69 Å². The normalized spacial score (nSPS) is 10.1. The van der Waals surface area contributed by atoms with Crippen molar-refractivity contribution in [1.29, 1.82) is 0 Å². The van der Waals surface area contributed by atoms with E-state index in [4.69, 9.17) is 6.57 Å². The van der Waals surface area contributed by atoms with Crippen molar-refractivity contribution in [2.24, 2.45) is 0 Å². The second-order valence-electron chi connectivity index (χ2n) is 4.90. The number of hydrogen-bond acceptors (Lipinski definition) is 1. The maximum absolute atomic E-state index is 7.02. The summed E-state index contributed by atoms with van der Waals surface area (Å²) in [5.41, 5.74) is 6.25. The van der Waals surface area contributed by atoms with E-state index in [1.807, 2.05) is 42.5 Å². The number of benzene rings is 2. The quantitative estimate of drug-likeness (QED) is 0.579. The topological polar surface area (TPSA) is 17.2 Å². The molecular formula is C19H14N2. The van der Waals surface area contributed by atoms with Crippen LogP contribution in [-0.2, 0) is 0 Å². The first-order valence-corrected chi connectivity index (χ1v) is 6.78. The van der Waals surface area contributed by atoms with E-state index in [1.54, 1.807) is 6.20 Å². The highest BCUT2D eigenvalue weighted by molar-refractivity contribution is 5.75. The molecule has 0 aliphatic heterocycles. The largest absolute Gasteiger partial charge is 0.256 e. The van der Waals surface area contributed by atoms with Gasteiger partial charge in [-0.05, 0) is 41.8 Å². The Balaban J connectivity index is 2.08. The predicted molar refractivity (Wildman–Crippen MR) is 86.1 cm³/mol. The summed E-state index contributed by atoms with van der Waals surface area (Å²) in [6.45, 7) is 9.12. The van der Waals surface area contributed by atoms with Gasteiger partial charge in [-0.3, -0.25) is 4.98 Å². The van der Waals surface area contributed by atoms with Crippen LogP contribution in [0, 0.1) is 13.5 Å². The Hall–Kier alpha value is -2.92. The zero-order valence-corrected chi connectivity index (χ0v) is 11.7. The van der Waals surface area contributed by atoms with Crippen molar-refractivity contribution >= 4 is 5.69 Å². The molecule has 0 N–H and O–H groups in total. The number of hydrogen-bond donors (Lipinski definition) is 0. The molecule has 0 saturated heterocycles. The number of pyridine rings is 1. The second kappa shape index (κ2) is 5.60. The first kappa shape index (κ1) is 13.1. The van der Waals surface area contributed by atoms with Crippen LogP contribution in [0.4, 0.5) is 5.69 Å². The van der Waals surface area contributed by atoms with Gasteiger partial charge in [-0.2, -0.15) is 0 Å². The van der Waals surface area contributed by atoms with Crippen molar-refractivity contribution < 1.29 is 0 Å². The van der Waals surface area contributed by atoms with Crippen LogP contribution < -0.4 is 0 Å². The Labute approximate surface area is 124 Å². The van der Waals surface area contributed by atoms with Crippen molar-refractivity contribution in [3.05, 3.63) is 83.8 Å². The van der Waals surface area contributed by atoms with Gasteiger partial charge in [-0.1, -0.05) is 42.5 Å². The molecule has 3 aromatic rings. The molecule has 2 nitrogen and oxygen atoms in total. The van der Waals surface area contributed by atoms with Crippen molar-refractivity contribution in [2.75, 3.05) is 0 Å². The van der Waals surface area contributed by atoms with E-state index in [9.17, 15) is 0 Å². The Bertz CT molecular complexity index is 797. The van der Waals surface area contributed by atoms with Gasteiger partial charge in [0, 0.05) is 11.8 Å². The van der Waals surface area contributed by atoms with Gasteiger partial charge < -0.3 is 0 Å². The zero-order valence-electron chi connectivity index (χ0n) is 11.7. The molecule has 21 heavy (non-hydrogen) atoms. The highest BCUT2D eigenvalue weighted by atomic mass is 14.7. The molecule has 0 unspecified atom stereocenters. The summed E-state index contributed by atoms with van der Waals surface area (Å²) in [7, 11) is 0. The standard InChI is InChI=1S/C19H14N2/c1-14-6-7-16(19-5-3-4-12-21-19)13-18(14)15-8-10-17(20-2)11-9-15/h3-13H,1H3. The van der Waals surface area contributed by atoms with E-state index < -0.39 is 0 Å². The number of aromatic nitrogens is 1. The van der Waals surface area contributed by atoms with Gasteiger partial charge in [0.05, 0.1) is 12.3 Å². The van der Waals surface area contributed by atoms with Crippen LogP contribution in [0.15, 0.2) is 66.9 Å². The summed E-state index contributed by atoms with van der Waals surface area (Å²) >= 11 is 0. The van der Waals surface area contributed by atoms with E-state index in [-0.39, 0.29) is 0 Å². The number of rotatable bonds is 2. The van der Waals surface area contributed by atoms with Crippen molar-refractivity contribution in [1.82, 2.24) is 4.98 Å². The number of aryl methyl sites for hydroxylation is 1. The zero-order chi connectivity index (χ0) is 14.7. The first-order chi connectivity index (χ1) is 10.3. The third-order valence-corrected chi connectivity index (χ3v) is 3.51. The third-order valence-electron chi connectivity index (χ3n) is 3.51. The highest BCUT2D eigenvalue weighted by Gasteiger charge is 2.06. The molecule has 0 aliphatic carbocycles. The molecule has 0 amide bonds. The summed E-state index contributed by atoms with van der Waals surface area (Å²) in [4.78, 5) is 7.83. The average Bonchev–Trinajstić information content (AvgIpc) is 2.56. The first-order valence-electron chi connectivity index (χ1n) is 6.78. The Morgan fingerprint density at radius 1 is 0.905 bits per heavy atom. The van der Waals surface area contributed by atoms with Gasteiger partial charge in [-0.25, -0.2) is 4.85 Å². The maximum atomic E-state index is 7.02. The average molecular weight is 270 g/mol. The molecule has 0 spiro atoms. The van der Waals surface area contributed by atoms with E-state index in [0.717, 1.165) is 16.8 Å². The lowest BCUT2D eigenvalue weighted by molar-refractivity contribution is 1.32. The van der Waals surface area contributed by atoms with Crippen LogP contribution in [0.1, 0.15) is 5.56 Å². The van der Waals surface area contributed by atoms with E-state index in [0.29, 0.717) is 5.69 Å². The SMILES string of the molecule is [C-]#[N+]c1ccc(-c2cc(-c3ccccn3)ccc2C)cc1. The number of nitrogens with zero attached hydrogens (tertiary/aromatic N) is 2. The molecule has 0 atom stereocenters. The van der Waals surface area contributed by atoms with Crippen molar-refractivity contribution in [2.45, 2.75) is 6.92 Å². The summed E-state index contributed by atoms with van der Waals surface area (Å²) in [6, 6.07) is 20.0. The van der Waals surface area contributed by atoms with E-state index in [2.05, 4.69) is 35.0 Å². The van der Waals surface area contributed by atoms with Gasteiger partial charge in [0.25, 0.3) is 0 Å². The minimum Gasteiger partial charge on any atom is -0.256 e. The van der Waals surface area contributed by atoms with Crippen LogP contribution in [0.3, 0.4) is 0 Å². The molecule has 2 heteroatoms. The van der Waals surface area contributed by atoms with Crippen LogP contribution in [0.5, 0.6) is 0 Å².